The van der Waals surface area contributed by atoms with Crippen LogP contribution in [0.15, 0.2) is 0 Å². The summed E-state index contributed by atoms with van der Waals surface area (Å²) < 4.78 is 5.00. The van der Waals surface area contributed by atoms with Gasteiger partial charge in [0, 0.05) is 51.3 Å². The molecule has 0 atom stereocenters. The standard InChI is InChI=1S/C10H22N2OS2/c1-11-3-5-12(6-4-11)7-9-14-15-10-8-13-2/h3-10H2,1-2H3. The van der Waals surface area contributed by atoms with E-state index in [1.807, 2.05) is 21.6 Å². The first-order valence-electron chi connectivity index (χ1n) is 5.47. The topological polar surface area (TPSA) is 15.7 Å². The van der Waals surface area contributed by atoms with Gasteiger partial charge in [-0.15, -0.1) is 0 Å². The quantitative estimate of drug-likeness (QED) is 0.498. The first kappa shape index (κ1) is 13.6. The molecule has 0 unspecified atom stereocenters. The number of nitrogens with zero attached hydrogens (tertiary/aromatic N) is 2. The molecule has 1 aliphatic heterocycles. The van der Waals surface area contributed by atoms with Crippen molar-refractivity contribution in [2.24, 2.45) is 0 Å². The summed E-state index contributed by atoms with van der Waals surface area (Å²) in [6, 6.07) is 0. The lowest BCUT2D eigenvalue weighted by Crippen LogP contribution is -2.45. The largest absolute Gasteiger partial charge is 0.384 e. The summed E-state index contributed by atoms with van der Waals surface area (Å²) in [7, 11) is 7.85. The Morgan fingerprint density at radius 3 is 2.40 bits per heavy atom. The fourth-order valence-electron chi connectivity index (χ4n) is 1.47. The van der Waals surface area contributed by atoms with Gasteiger partial charge < -0.3 is 9.64 Å². The summed E-state index contributed by atoms with van der Waals surface area (Å²) in [6.07, 6.45) is 0. The summed E-state index contributed by atoms with van der Waals surface area (Å²) in [4.78, 5) is 4.96. The smallest absolute Gasteiger partial charge is 0.0561 e. The Labute approximate surface area is 101 Å². The van der Waals surface area contributed by atoms with E-state index in [9.17, 15) is 0 Å². The number of ether oxygens (including phenoxy) is 1. The number of likely N-dealkylation sites (N-methyl/N-ethyl adjacent to an activating group) is 1. The molecule has 90 valence electrons. The molecule has 0 aromatic rings. The molecule has 5 heteroatoms. The predicted molar refractivity (Wildman–Crippen MR) is 70.7 cm³/mol. The summed E-state index contributed by atoms with van der Waals surface area (Å²) in [5.74, 6) is 2.34. The number of methoxy groups -OCH3 is 1. The van der Waals surface area contributed by atoms with Gasteiger partial charge in [-0.1, -0.05) is 21.6 Å². The van der Waals surface area contributed by atoms with Crippen molar-refractivity contribution in [3.63, 3.8) is 0 Å². The molecule has 0 aromatic carbocycles. The van der Waals surface area contributed by atoms with Gasteiger partial charge in [-0.2, -0.15) is 0 Å². The number of piperazine rings is 1. The first-order valence-corrected chi connectivity index (χ1v) is 7.96. The number of rotatable bonds is 7. The zero-order valence-electron chi connectivity index (χ0n) is 9.78. The van der Waals surface area contributed by atoms with Gasteiger partial charge in [-0.25, -0.2) is 0 Å². The molecule has 0 spiro atoms. The molecule has 0 aliphatic carbocycles. The molecule has 0 bridgehead atoms. The first-order chi connectivity index (χ1) is 7.33. The van der Waals surface area contributed by atoms with Gasteiger partial charge in [-0.3, -0.25) is 4.90 Å². The van der Waals surface area contributed by atoms with Crippen LogP contribution < -0.4 is 0 Å². The number of hydrogen-bond acceptors (Lipinski definition) is 5. The maximum absolute atomic E-state index is 5.00. The van der Waals surface area contributed by atoms with Crippen LogP contribution in [-0.2, 0) is 4.74 Å². The SMILES string of the molecule is COCCSSCCN1CCN(C)CC1. The molecule has 0 radical (unpaired) electrons. The molecular formula is C10H22N2OS2. The second kappa shape index (κ2) is 8.70. The van der Waals surface area contributed by atoms with Crippen molar-refractivity contribution >= 4 is 21.6 Å². The molecule has 0 saturated carbocycles. The van der Waals surface area contributed by atoms with Gasteiger partial charge in [0.05, 0.1) is 6.61 Å². The van der Waals surface area contributed by atoms with Crippen LogP contribution in [0.3, 0.4) is 0 Å². The van der Waals surface area contributed by atoms with Gasteiger partial charge in [0.1, 0.15) is 0 Å². The van der Waals surface area contributed by atoms with E-state index in [0.29, 0.717) is 0 Å². The van der Waals surface area contributed by atoms with E-state index >= 15 is 0 Å². The highest BCUT2D eigenvalue weighted by atomic mass is 33.1. The van der Waals surface area contributed by atoms with Gasteiger partial charge in [0.2, 0.25) is 0 Å². The average molecular weight is 250 g/mol. The zero-order chi connectivity index (χ0) is 10.9. The van der Waals surface area contributed by atoms with Crippen LogP contribution in [0.1, 0.15) is 0 Å². The van der Waals surface area contributed by atoms with Crippen LogP contribution in [0, 0.1) is 0 Å². The van der Waals surface area contributed by atoms with E-state index < -0.39 is 0 Å². The molecule has 1 heterocycles. The molecule has 15 heavy (non-hydrogen) atoms. The highest BCUT2D eigenvalue weighted by molar-refractivity contribution is 8.76. The van der Waals surface area contributed by atoms with Gasteiger partial charge in [0.25, 0.3) is 0 Å². The van der Waals surface area contributed by atoms with Crippen LogP contribution in [-0.4, -0.2) is 74.8 Å². The highest BCUT2D eigenvalue weighted by Gasteiger charge is 2.12. The molecule has 0 amide bonds. The lowest BCUT2D eigenvalue weighted by atomic mass is 10.3. The normalized spacial score (nSPS) is 19.6. The van der Waals surface area contributed by atoms with E-state index in [1.165, 1.54) is 38.5 Å². The third-order valence-electron chi connectivity index (χ3n) is 2.54. The molecular weight excluding hydrogens is 228 g/mol. The minimum Gasteiger partial charge on any atom is -0.384 e. The summed E-state index contributed by atoms with van der Waals surface area (Å²) >= 11 is 0. The second-order valence-electron chi connectivity index (χ2n) is 3.78. The van der Waals surface area contributed by atoms with Crippen molar-refractivity contribution in [1.82, 2.24) is 9.80 Å². The van der Waals surface area contributed by atoms with Gasteiger partial charge in [0.15, 0.2) is 0 Å². The minimum atomic E-state index is 0.867. The van der Waals surface area contributed by atoms with Crippen molar-refractivity contribution in [3.05, 3.63) is 0 Å². The number of hydrogen-bond donors (Lipinski definition) is 0. The Morgan fingerprint density at radius 2 is 1.73 bits per heavy atom. The fraction of sp³-hybridized carbons (Fsp3) is 1.00. The minimum absolute atomic E-state index is 0.867. The Morgan fingerprint density at radius 1 is 1.07 bits per heavy atom. The monoisotopic (exact) mass is 250 g/mol. The Kier molecular flexibility index (Phi) is 7.91. The van der Waals surface area contributed by atoms with Crippen LogP contribution in [0.4, 0.5) is 0 Å². The Bertz CT molecular complexity index is 152. The summed E-state index contributed by atoms with van der Waals surface area (Å²) in [5, 5.41) is 0. The third-order valence-corrected chi connectivity index (χ3v) is 4.89. The van der Waals surface area contributed by atoms with Crippen molar-refractivity contribution in [2.45, 2.75) is 0 Å². The Balaban J connectivity index is 1.87. The molecule has 0 aromatic heterocycles. The fourth-order valence-corrected chi connectivity index (χ4v) is 3.41. The van der Waals surface area contributed by atoms with E-state index in [-0.39, 0.29) is 0 Å². The second-order valence-corrected chi connectivity index (χ2v) is 6.48. The van der Waals surface area contributed by atoms with Crippen LogP contribution in [0.25, 0.3) is 0 Å². The summed E-state index contributed by atoms with van der Waals surface area (Å²) in [6.45, 7) is 7.02. The summed E-state index contributed by atoms with van der Waals surface area (Å²) in [5.41, 5.74) is 0. The van der Waals surface area contributed by atoms with Gasteiger partial charge >= 0.3 is 0 Å². The van der Waals surface area contributed by atoms with Crippen molar-refractivity contribution in [3.8, 4) is 0 Å². The lowest BCUT2D eigenvalue weighted by molar-refractivity contribution is 0.161. The van der Waals surface area contributed by atoms with Crippen molar-refractivity contribution in [1.29, 1.82) is 0 Å². The molecule has 1 rings (SSSR count). The van der Waals surface area contributed by atoms with E-state index in [4.69, 9.17) is 4.74 Å². The highest BCUT2D eigenvalue weighted by Crippen LogP contribution is 2.20. The van der Waals surface area contributed by atoms with E-state index in [2.05, 4.69) is 16.8 Å². The third kappa shape index (κ3) is 6.68. The maximum atomic E-state index is 5.00. The molecule has 1 aliphatic rings. The maximum Gasteiger partial charge on any atom is 0.0561 e. The van der Waals surface area contributed by atoms with Crippen LogP contribution in [0.2, 0.25) is 0 Å². The van der Waals surface area contributed by atoms with E-state index in [0.717, 1.165) is 12.4 Å². The molecule has 0 N–H and O–H groups in total. The van der Waals surface area contributed by atoms with Crippen LogP contribution in [0.5, 0.6) is 0 Å². The molecule has 3 nitrogen and oxygen atoms in total. The van der Waals surface area contributed by atoms with Crippen molar-refractivity contribution < 1.29 is 4.74 Å². The molecule has 1 saturated heterocycles. The zero-order valence-corrected chi connectivity index (χ0v) is 11.4. The lowest BCUT2D eigenvalue weighted by Gasteiger charge is -2.32. The molecule has 1 fully saturated rings. The van der Waals surface area contributed by atoms with Gasteiger partial charge in [-0.05, 0) is 7.05 Å². The van der Waals surface area contributed by atoms with Crippen molar-refractivity contribution in [2.75, 3.05) is 65.0 Å². The predicted octanol–water partition coefficient (Wildman–Crippen LogP) is 1.26. The Hall–Kier alpha value is 0.580. The average Bonchev–Trinajstić information content (AvgIpc) is 2.26. The van der Waals surface area contributed by atoms with Crippen LogP contribution >= 0.6 is 21.6 Å². The van der Waals surface area contributed by atoms with E-state index in [1.54, 1.807) is 7.11 Å².